The highest BCUT2D eigenvalue weighted by Gasteiger charge is 2.10. The molecule has 0 aliphatic rings. The standard InChI is InChI=1S/C7H11N5O3S/c1-2-15-4(13)3-16-7-11-10-5(8)6(14)12(7)9/h2-3,9H2,1H3,(H2,8,10). The maximum absolute atomic E-state index is 11.2. The lowest BCUT2D eigenvalue weighted by molar-refractivity contribution is -0.139. The number of anilines is 1. The Morgan fingerprint density at radius 1 is 1.56 bits per heavy atom. The lowest BCUT2D eigenvalue weighted by atomic mass is 10.7. The maximum atomic E-state index is 11.2. The predicted octanol–water partition coefficient (Wildman–Crippen LogP) is -1.41. The fourth-order valence-corrected chi connectivity index (χ4v) is 1.47. The van der Waals surface area contributed by atoms with Crippen LogP contribution in [0, 0.1) is 0 Å². The summed E-state index contributed by atoms with van der Waals surface area (Å²) in [5, 5.41) is 7.10. The number of ether oxygens (including phenoxy) is 1. The Balaban J connectivity index is 2.72. The molecule has 0 aromatic carbocycles. The molecule has 0 fully saturated rings. The van der Waals surface area contributed by atoms with Crippen LogP contribution in [0.2, 0.25) is 0 Å². The molecular weight excluding hydrogens is 234 g/mol. The van der Waals surface area contributed by atoms with Crippen LogP contribution >= 0.6 is 11.8 Å². The second kappa shape index (κ2) is 5.35. The zero-order valence-electron chi connectivity index (χ0n) is 8.54. The number of nitrogens with two attached hydrogens (primary N) is 2. The summed E-state index contributed by atoms with van der Waals surface area (Å²) in [5.41, 5.74) is 4.55. The molecule has 0 radical (unpaired) electrons. The summed E-state index contributed by atoms with van der Waals surface area (Å²) in [6.45, 7) is 1.99. The number of carbonyl (C=O) groups excluding carboxylic acids is 1. The molecule has 1 heterocycles. The number of nitrogen functional groups attached to an aromatic ring is 2. The number of rotatable bonds is 4. The summed E-state index contributed by atoms with van der Waals surface area (Å²) in [4.78, 5) is 22.3. The van der Waals surface area contributed by atoms with E-state index in [1.165, 1.54) is 0 Å². The molecule has 0 amide bonds. The minimum atomic E-state index is -0.652. The monoisotopic (exact) mass is 245 g/mol. The second-order valence-electron chi connectivity index (χ2n) is 2.64. The Hall–Kier alpha value is -1.77. The van der Waals surface area contributed by atoms with Gasteiger partial charge in [-0.25, -0.2) is 0 Å². The zero-order chi connectivity index (χ0) is 12.1. The van der Waals surface area contributed by atoms with E-state index in [0.29, 0.717) is 6.61 Å². The van der Waals surface area contributed by atoms with E-state index in [0.717, 1.165) is 16.4 Å². The number of thioether (sulfide) groups is 1. The van der Waals surface area contributed by atoms with Gasteiger partial charge in [-0.3, -0.25) is 9.59 Å². The fraction of sp³-hybridized carbons (Fsp3) is 0.429. The second-order valence-corrected chi connectivity index (χ2v) is 3.58. The number of aromatic nitrogens is 3. The molecule has 0 aliphatic carbocycles. The number of hydrogen-bond acceptors (Lipinski definition) is 8. The topological polar surface area (TPSA) is 126 Å². The van der Waals surface area contributed by atoms with Crippen LogP contribution < -0.4 is 17.1 Å². The van der Waals surface area contributed by atoms with Crippen molar-refractivity contribution >= 4 is 23.5 Å². The molecule has 1 rings (SSSR count). The van der Waals surface area contributed by atoms with Crippen LogP contribution in [-0.4, -0.2) is 33.2 Å². The largest absolute Gasteiger partial charge is 0.465 e. The molecule has 0 bridgehead atoms. The van der Waals surface area contributed by atoms with Gasteiger partial charge in [-0.2, -0.15) is 4.68 Å². The van der Waals surface area contributed by atoms with Crippen molar-refractivity contribution in [3.8, 4) is 0 Å². The average molecular weight is 245 g/mol. The van der Waals surface area contributed by atoms with Gasteiger partial charge in [0.05, 0.1) is 12.4 Å². The Morgan fingerprint density at radius 3 is 2.88 bits per heavy atom. The summed E-state index contributed by atoms with van der Waals surface area (Å²) < 4.78 is 5.44. The van der Waals surface area contributed by atoms with Gasteiger partial charge >= 0.3 is 11.5 Å². The van der Waals surface area contributed by atoms with Crippen molar-refractivity contribution in [3.63, 3.8) is 0 Å². The van der Waals surface area contributed by atoms with Crippen molar-refractivity contribution in [3.05, 3.63) is 10.4 Å². The summed E-state index contributed by atoms with van der Waals surface area (Å²) in [6.07, 6.45) is 0. The highest BCUT2D eigenvalue weighted by atomic mass is 32.2. The molecule has 0 unspecified atom stereocenters. The first-order valence-corrected chi connectivity index (χ1v) is 5.33. The molecule has 16 heavy (non-hydrogen) atoms. The Morgan fingerprint density at radius 2 is 2.25 bits per heavy atom. The van der Waals surface area contributed by atoms with E-state index in [1.54, 1.807) is 6.92 Å². The van der Waals surface area contributed by atoms with Gasteiger partial charge in [-0.05, 0) is 6.92 Å². The molecule has 88 valence electrons. The molecule has 9 heteroatoms. The first kappa shape index (κ1) is 12.3. The zero-order valence-corrected chi connectivity index (χ0v) is 9.36. The Labute approximate surface area is 94.9 Å². The Kier molecular flexibility index (Phi) is 4.11. The van der Waals surface area contributed by atoms with Crippen LogP contribution in [0.4, 0.5) is 5.82 Å². The quantitative estimate of drug-likeness (QED) is 0.376. The van der Waals surface area contributed by atoms with Crippen LogP contribution in [-0.2, 0) is 9.53 Å². The first-order chi connectivity index (χ1) is 7.56. The van der Waals surface area contributed by atoms with Crippen molar-refractivity contribution in [2.45, 2.75) is 12.1 Å². The van der Waals surface area contributed by atoms with Crippen LogP contribution in [0.1, 0.15) is 6.92 Å². The molecule has 0 saturated heterocycles. The Bertz CT molecular complexity index is 446. The van der Waals surface area contributed by atoms with Crippen LogP contribution in [0.3, 0.4) is 0 Å². The van der Waals surface area contributed by atoms with E-state index >= 15 is 0 Å². The van der Waals surface area contributed by atoms with Gasteiger partial charge in [-0.1, -0.05) is 11.8 Å². The summed E-state index contributed by atoms with van der Waals surface area (Å²) in [6, 6.07) is 0. The molecule has 0 saturated carbocycles. The SMILES string of the molecule is CCOC(=O)CSc1nnc(N)c(=O)n1N. The third-order valence-electron chi connectivity index (χ3n) is 1.51. The lowest BCUT2D eigenvalue weighted by Gasteiger charge is -2.05. The van der Waals surface area contributed by atoms with Crippen LogP contribution in [0.5, 0.6) is 0 Å². The van der Waals surface area contributed by atoms with E-state index < -0.39 is 11.5 Å². The molecule has 1 aromatic rings. The van der Waals surface area contributed by atoms with E-state index in [9.17, 15) is 9.59 Å². The van der Waals surface area contributed by atoms with Crippen LogP contribution in [0.15, 0.2) is 9.95 Å². The lowest BCUT2D eigenvalue weighted by Crippen LogP contribution is -2.32. The van der Waals surface area contributed by atoms with Crippen molar-refractivity contribution < 1.29 is 9.53 Å². The fourth-order valence-electron chi connectivity index (χ4n) is 0.822. The van der Waals surface area contributed by atoms with Gasteiger partial charge in [-0.15, -0.1) is 10.2 Å². The highest BCUT2D eigenvalue weighted by Crippen LogP contribution is 2.11. The minimum absolute atomic E-state index is 0.00305. The van der Waals surface area contributed by atoms with Gasteiger partial charge in [0.1, 0.15) is 0 Å². The average Bonchev–Trinajstić information content (AvgIpc) is 2.25. The normalized spacial score (nSPS) is 10.1. The van der Waals surface area contributed by atoms with Crippen molar-refractivity contribution in [2.24, 2.45) is 0 Å². The van der Waals surface area contributed by atoms with Crippen molar-refractivity contribution in [1.29, 1.82) is 0 Å². The number of nitrogens with zero attached hydrogens (tertiary/aromatic N) is 3. The van der Waals surface area contributed by atoms with Gasteiger partial charge in [0.15, 0.2) is 0 Å². The van der Waals surface area contributed by atoms with Gasteiger partial charge < -0.3 is 16.3 Å². The number of esters is 1. The molecular formula is C7H11N5O3S. The van der Waals surface area contributed by atoms with Crippen molar-refractivity contribution in [1.82, 2.24) is 14.9 Å². The minimum Gasteiger partial charge on any atom is -0.465 e. The molecule has 4 N–H and O–H groups in total. The van der Waals surface area contributed by atoms with Gasteiger partial charge in [0, 0.05) is 0 Å². The maximum Gasteiger partial charge on any atom is 0.316 e. The van der Waals surface area contributed by atoms with E-state index in [1.807, 2.05) is 0 Å². The van der Waals surface area contributed by atoms with Gasteiger partial charge in [0.25, 0.3) is 0 Å². The molecule has 0 spiro atoms. The molecule has 0 atom stereocenters. The third-order valence-corrected chi connectivity index (χ3v) is 2.43. The van der Waals surface area contributed by atoms with E-state index in [4.69, 9.17) is 16.3 Å². The van der Waals surface area contributed by atoms with Crippen LogP contribution in [0.25, 0.3) is 0 Å². The molecule has 1 aromatic heterocycles. The predicted molar refractivity (Wildman–Crippen MR) is 58.2 cm³/mol. The summed E-state index contributed by atoms with van der Waals surface area (Å²) >= 11 is 0.952. The first-order valence-electron chi connectivity index (χ1n) is 4.35. The van der Waals surface area contributed by atoms with E-state index in [2.05, 4.69) is 10.2 Å². The third kappa shape index (κ3) is 2.86. The summed E-state index contributed by atoms with van der Waals surface area (Å²) in [5.74, 6) is 4.69. The molecule has 8 nitrogen and oxygen atoms in total. The number of hydrogen-bond donors (Lipinski definition) is 2. The highest BCUT2D eigenvalue weighted by molar-refractivity contribution is 7.99. The van der Waals surface area contributed by atoms with Crippen molar-refractivity contribution in [2.75, 3.05) is 23.9 Å². The molecule has 0 aliphatic heterocycles. The number of carbonyl (C=O) groups is 1. The summed E-state index contributed by atoms with van der Waals surface area (Å²) in [7, 11) is 0. The van der Waals surface area contributed by atoms with E-state index in [-0.39, 0.29) is 16.7 Å². The van der Waals surface area contributed by atoms with Gasteiger partial charge in [0.2, 0.25) is 11.0 Å². The smallest absolute Gasteiger partial charge is 0.316 e.